The molecule has 12 rings (SSSR count). The maximum absolute atomic E-state index is 15.0. The van der Waals surface area contributed by atoms with Crippen LogP contribution < -0.4 is 23.7 Å². The molecule has 3 aromatic heterocycles. The number of aromatic hydroxyl groups is 1. The number of hydrogen-bond donors (Lipinski definition) is 3. The minimum Gasteiger partial charge on any atom is -0.508 e. The van der Waals surface area contributed by atoms with Gasteiger partial charge in [0.15, 0.2) is 0 Å². The van der Waals surface area contributed by atoms with Crippen LogP contribution in [0.4, 0.5) is 13.2 Å². The molecule has 0 saturated heterocycles. The summed E-state index contributed by atoms with van der Waals surface area (Å²) in [6.07, 6.45) is 9.80. The second kappa shape index (κ2) is 45.1. The number of phenols is 1. The summed E-state index contributed by atoms with van der Waals surface area (Å²) in [5.41, 5.74) is 8.98. The van der Waals surface area contributed by atoms with Crippen LogP contribution in [0.15, 0.2) is 164 Å². The van der Waals surface area contributed by atoms with E-state index in [2.05, 4.69) is 113 Å². The van der Waals surface area contributed by atoms with Crippen molar-refractivity contribution in [2.45, 2.75) is 216 Å². The molecule has 0 aliphatic heterocycles. The van der Waals surface area contributed by atoms with E-state index in [1.165, 1.54) is 47.7 Å². The zero-order chi connectivity index (χ0) is 92.2. The van der Waals surface area contributed by atoms with Crippen molar-refractivity contribution >= 4 is 35.8 Å². The van der Waals surface area contributed by atoms with Crippen molar-refractivity contribution in [3.8, 4) is 68.3 Å². The van der Waals surface area contributed by atoms with Crippen molar-refractivity contribution in [1.29, 1.82) is 0 Å². The van der Waals surface area contributed by atoms with Crippen LogP contribution in [0, 0.1) is 53.0 Å². The van der Waals surface area contributed by atoms with Crippen LogP contribution in [-0.2, 0) is 43.5 Å². The molecule has 0 spiro atoms. The number of phenolic OH excluding ortho intramolecular Hbond substituents is 1. The molecule has 3 saturated carbocycles. The summed E-state index contributed by atoms with van der Waals surface area (Å²) in [4.78, 5) is 92.5. The van der Waals surface area contributed by atoms with Crippen molar-refractivity contribution in [2.75, 3.05) is 35.5 Å². The van der Waals surface area contributed by atoms with Crippen molar-refractivity contribution < 1.29 is 90.4 Å². The van der Waals surface area contributed by atoms with Gasteiger partial charge in [0.2, 0.25) is 17.6 Å². The Hall–Kier alpha value is -11.5. The van der Waals surface area contributed by atoms with Crippen LogP contribution in [-0.4, -0.2) is 153 Å². The first kappa shape index (κ1) is 98.3. The van der Waals surface area contributed by atoms with E-state index >= 15 is 4.39 Å². The second-order valence-electron chi connectivity index (χ2n) is 34.5. The van der Waals surface area contributed by atoms with Gasteiger partial charge in [-0.3, -0.25) is 29.1 Å². The molecule has 22 nitrogen and oxygen atoms in total. The Bertz CT molecular complexity index is 5220. The lowest BCUT2D eigenvalue weighted by Crippen LogP contribution is -2.36. The SMILES string of the molecule is COC(=O)[C@@H](C)[C@H](c1cccc(O)c1)C1CC1.COC(=O)[C@@H](C)[C@H](c1cccc(OC(=O)c2ccc(-c3cc(OC)ncc3F)c(CN(C(C)C)C(C)C)c2)c1)C1CC1.COc1cc(-c2ccc(C(=O)O)cc2CN(C(C)C)C(C)C)c(F)cn1.COc1cc(-c2ccc(C(=O)Oc3cccc([C@H](C4CC4)[C@H](C)C(=O)O)c3)cc2CN(C(C)C)C(C)C)c(F)cn1. The summed E-state index contributed by atoms with van der Waals surface area (Å²) >= 11 is 0. The zero-order valence-electron chi connectivity index (χ0n) is 76.1. The molecule has 3 aliphatic carbocycles. The fourth-order valence-electron chi connectivity index (χ4n) is 16.8. The predicted octanol–water partition coefficient (Wildman–Crippen LogP) is 20.9. The minimum atomic E-state index is -1.01. The van der Waals surface area contributed by atoms with E-state index in [1.807, 2.05) is 50.2 Å². The first-order chi connectivity index (χ1) is 59.9. The van der Waals surface area contributed by atoms with Gasteiger partial charge in [-0.05, 0) is 280 Å². The number of carboxylic acids is 2. The summed E-state index contributed by atoms with van der Waals surface area (Å²) in [7, 11) is 7.26. The molecule has 6 aromatic carbocycles. The number of halogens is 3. The third-order valence-electron chi connectivity index (χ3n) is 23.8. The van der Waals surface area contributed by atoms with E-state index in [1.54, 1.807) is 104 Å². The molecule has 0 unspecified atom stereocenters. The van der Waals surface area contributed by atoms with Crippen LogP contribution in [0.3, 0.4) is 0 Å². The first-order valence-corrected chi connectivity index (χ1v) is 43.2. The summed E-state index contributed by atoms with van der Waals surface area (Å²) in [6, 6.07) is 42.8. The standard InChI is InChI=1S/C34H41FN2O5.C33H39FN2O5.C20H25FN2O3.C14H18O3/c1-20(2)37(21(3)4)19-26-15-25(13-14-28(26)29-17-31(40-6)36-18-30(29)35)34(39)42-27-10-8-9-24(16-27)32(23-11-12-23)22(5)33(38)41-7;1-19(2)36(20(3)4)18-25-14-24(12-13-27(25)28-16-30(40-6)35-17-29(28)34)33(39)41-26-9-7-8-23(15-26)31(22-10-11-22)21(5)32(37)38;1-12(2)23(13(3)4)11-15-8-14(20(24)25)6-7-16(15)17-9-19(26-5)22-10-18(17)21;1-9(14(16)17-2)13(10-6-7-10)11-4-3-5-12(15)8-11/h8-10,13-18,20-23,32H,11-12,19H2,1-7H3;7-9,12-17,19-22,31H,10-11,18H2,1-6H3,(H,37,38);6-10,12-13H,11H2,1-5H3,(H,24,25);3-5,8-10,13,15H,6-7H2,1-2H3/t22-,32-;21-,31-;;9-,13-/m00.0/s1. The topological polar surface area (TPSA) is 276 Å². The van der Waals surface area contributed by atoms with Crippen molar-refractivity contribution in [3.05, 3.63) is 232 Å². The molecule has 0 radical (unpaired) electrons. The zero-order valence-corrected chi connectivity index (χ0v) is 76.1. The lowest BCUT2D eigenvalue weighted by Gasteiger charge is -2.31. The van der Waals surface area contributed by atoms with Gasteiger partial charge in [-0.15, -0.1) is 0 Å². The van der Waals surface area contributed by atoms with Crippen LogP contribution in [0.25, 0.3) is 33.4 Å². The number of rotatable bonds is 35. The molecule has 674 valence electrons. The number of nitrogens with zero attached hydrogens (tertiary/aromatic N) is 6. The molecular weight excluding hydrogens is 1610 g/mol. The Morgan fingerprint density at radius 2 is 0.667 bits per heavy atom. The summed E-state index contributed by atoms with van der Waals surface area (Å²) in [5.74, 6) is -2.57. The summed E-state index contributed by atoms with van der Waals surface area (Å²) < 4.78 is 81.5. The van der Waals surface area contributed by atoms with Crippen molar-refractivity contribution in [1.82, 2.24) is 29.7 Å². The molecule has 0 bridgehead atoms. The highest BCUT2D eigenvalue weighted by Gasteiger charge is 2.42. The third-order valence-corrected chi connectivity index (χ3v) is 23.8. The molecule has 126 heavy (non-hydrogen) atoms. The molecular formula is C101H123F3N6O16. The van der Waals surface area contributed by atoms with Gasteiger partial charge >= 0.3 is 35.8 Å². The van der Waals surface area contributed by atoms with Crippen LogP contribution in [0.1, 0.15) is 225 Å². The minimum absolute atomic E-state index is 0.00714. The molecule has 9 aromatic rings. The maximum atomic E-state index is 15.0. The van der Waals surface area contributed by atoms with E-state index in [0.29, 0.717) is 111 Å². The third kappa shape index (κ3) is 26.1. The number of aliphatic carboxylic acids is 1. The average molecular weight is 1730 g/mol. The van der Waals surface area contributed by atoms with Crippen LogP contribution in [0.2, 0.25) is 0 Å². The Labute approximate surface area is 739 Å². The lowest BCUT2D eigenvalue weighted by molar-refractivity contribution is -0.146. The average Bonchev–Trinajstić information content (AvgIpc) is 1.69. The highest BCUT2D eigenvalue weighted by molar-refractivity contribution is 5.94. The van der Waals surface area contributed by atoms with Crippen molar-refractivity contribution in [2.24, 2.45) is 35.5 Å². The van der Waals surface area contributed by atoms with E-state index < -0.39 is 47.2 Å². The molecule has 3 N–H and O–H groups in total. The van der Waals surface area contributed by atoms with Crippen LogP contribution in [0.5, 0.6) is 34.9 Å². The highest BCUT2D eigenvalue weighted by atomic mass is 19.1. The first-order valence-electron chi connectivity index (χ1n) is 43.2. The number of aromatic carboxylic acids is 1. The molecule has 3 heterocycles. The molecule has 25 heteroatoms. The number of esters is 4. The highest BCUT2D eigenvalue weighted by Crippen LogP contribution is 2.50. The molecule has 3 aliphatic rings. The Morgan fingerprint density at radius 3 is 0.944 bits per heavy atom. The van der Waals surface area contributed by atoms with Gasteiger partial charge in [-0.25, -0.2) is 42.5 Å². The van der Waals surface area contributed by atoms with Gasteiger partial charge in [-0.1, -0.05) is 75.4 Å². The predicted molar refractivity (Wildman–Crippen MR) is 479 cm³/mol. The number of aromatic nitrogens is 3. The number of hydrogen-bond acceptors (Lipinski definition) is 20. The Morgan fingerprint density at radius 1 is 0.373 bits per heavy atom. The van der Waals surface area contributed by atoms with E-state index in [-0.39, 0.29) is 89.1 Å². The van der Waals surface area contributed by atoms with E-state index in [9.17, 15) is 52.9 Å². The normalized spacial score (nSPS) is 14.5. The number of ether oxygens (including phenoxy) is 7. The number of benzene rings is 6. The van der Waals surface area contributed by atoms with Crippen LogP contribution >= 0.6 is 0 Å². The fourth-order valence-corrected chi connectivity index (χ4v) is 16.8. The largest absolute Gasteiger partial charge is 0.508 e. The van der Waals surface area contributed by atoms with Gasteiger partial charge < -0.3 is 48.5 Å². The molecule has 6 atom stereocenters. The number of carboxylic acid groups (broad SMARTS) is 2. The number of carbonyl (C=O) groups excluding carboxylic acids is 4. The van der Waals surface area contributed by atoms with Gasteiger partial charge in [0.25, 0.3) is 0 Å². The van der Waals surface area contributed by atoms with Gasteiger partial charge in [0.1, 0.15) is 34.7 Å². The van der Waals surface area contributed by atoms with Gasteiger partial charge in [0.05, 0.1) is 88.6 Å². The monoisotopic (exact) mass is 1730 g/mol. The molecule has 3 fully saturated rings. The summed E-state index contributed by atoms with van der Waals surface area (Å²) in [6.45, 7) is 32.2. The van der Waals surface area contributed by atoms with E-state index in [4.69, 9.17) is 33.2 Å². The van der Waals surface area contributed by atoms with Gasteiger partial charge in [0, 0.05) is 90.8 Å². The number of carbonyl (C=O) groups is 6. The lowest BCUT2D eigenvalue weighted by atomic mass is 9.83. The second-order valence-corrected chi connectivity index (χ2v) is 34.5. The fraction of sp³-hybridized carbons (Fsp3) is 0.436. The number of pyridine rings is 3. The smallest absolute Gasteiger partial charge is 0.343 e. The molecule has 0 amide bonds. The van der Waals surface area contributed by atoms with Gasteiger partial charge in [-0.2, -0.15) is 0 Å². The van der Waals surface area contributed by atoms with Crippen molar-refractivity contribution in [3.63, 3.8) is 0 Å². The quantitative estimate of drug-likeness (QED) is 0.0246. The van der Waals surface area contributed by atoms with E-state index in [0.717, 1.165) is 90.5 Å². The number of methoxy groups -OCH3 is 5. The Kier molecular flexibility index (Phi) is 35.1. The Balaban J connectivity index is 0.000000199. The maximum Gasteiger partial charge on any atom is 0.343 e. The summed E-state index contributed by atoms with van der Waals surface area (Å²) in [5, 5.41) is 28.5.